The van der Waals surface area contributed by atoms with Gasteiger partial charge in [-0.05, 0) is 76.6 Å². The van der Waals surface area contributed by atoms with Crippen LogP contribution in [-0.2, 0) is 42.2 Å². The van der Waals surface area contributed by atoms with Crippen LogP contribution in [0.3, 0.4) is 0 Å². The molecule has 2 unspecified atom stereocenters. The van der Waals surface area contributed by atoms with Crippen molar-refractivity contribution in [2.75, 3.05) is 24.7 Å². The van der Waals surface area contributed by atoms with Crippen LogP contribution in [0.5, 0.6) is 11.5 Å². The Morgan fingerprint density at radius 3 is 1.51 bits per heavy atom. The number of benzene rings is 4. The molecule has 0 aliphatic carbocycles. The van der Waals surface area contributed by atoms with E-state index in [1.807, 2.05) is 30.3 Å². The third-order valence-electron chi connectivity index (χ3n) is 11.6. The smallest absolute Gasteiger partial charge is 0.459 e. The molecule has 440 valence electrons. The van der Waals surface area contributed by atoms with Gasteiger partial charge in [0.1, 0.15) is 47.4 Å². The van der Waals surface area contributed by atoms with Gasteiger partial charge in [0.05, 0.1) is 25.4 Å². The maximum atomic E-state index is 15.0. The second kappa shape index (κ2) is 26.6. The summed E-state index contributed by atoms with van der Waals surface area (Å²) in [7, 11) is -4.51. The number of esters is 2. The standard InChI is InChI=1S/C25H29F2N4O8P.C16H19ClNO4P.C9H11F2N3O4/c1-14(2)37-22(33)15(3)30-40(35,39-18-10-6-8-16-7-4-5-9-17(16)18)36-13-19-21(32)25(26,27)23(38-19)31-12-11-20(28)29-24(31)34;1-11(2)21-16(19)12(3)18-23(17,20)22-15-10-6-8-13-7-4-5-9-14(13)15;10-9(11)6(16)4(3-15)18-7(9)14-2-1-5(12)13-8(14)17/h4-12,14-15,19,21,23,32H,13H2,1-3H3,(H,30,35)(H2,28,29,34);4-12H,1-3H3,(H,18,20);1-2,4,6-7,15-16H,3H2,(H2,12,13,17)/t15-,19+,21-,23+,40?;12-,23?;4-,6+,7-/m001/s1. The molecule has 4 heterocycles. The van der Waals surface area contributed by atoms with E-state index in [1.54, 1.807) is 76.2 Å². The number of alkyl halides is 4. The van der Waals surface area contributed by atoms with Gasteiger partial charge in [-0.15, -0.1) is 0 Å². The lowest BCUT2D eigenvalue weighted by molar-refractivity contribution is -0.149. The number of aliphatic hydroxyl groups excluding tert-OH is 3. The van der Waals surface area contributed by atoms with E-state index < -0.39 is 118 Å². The van der Waals surface area contributed by atoms with Gasteiger partial charge >= 0.3 is 49.8 Å². The lowest BCUT2D eigenvalue weighted by Crippen LogP contribution is -2.42. The van der Waals surface area contributed by atoms with Crippen molar-refractivity contribution in [3.8, 4) is 11.5 Å². The molecule has 31 heteroatoms. The average molecular weight is 1200 g/mol. The Kier molecular flexibility index (Phi) is 20.9. The summed E-state index contributed by atoms with van der Waals surface area (Å²) in [4.78, 5) is 54.5. The third kappa shape index (κ3) is 15.9. The van der Waals surface area contributed by atoms with Gasteiger partial charge in [-0.25, -0.2) is 23.8 Å². The zero-order chi connectivity index (χ0) is 59.8. The summed E-state index contributed by atoms with van der Waals surface area (Å²) in [5, 5.41) is 36.5. The fourth-order valence-corrected chi connectivity index (χ4v) is 11.0. The van der Waals surface area contributed by atoms with Crippen LogP contribution in [-0.4, -0.2) is 120 Å². The van der Waals surface area contributed by atoms with Crippen molar-refractivity contribution < 1.29 is 84.1 Å². The minimum atomic E-state index is -4.51. The number of halogens is 5. The van der Waals surface area contributed by atoms with Crippen molar-refractivity contribution in [3.63, 3.8) is 0 Å². The number of aliphatic hydroxyl groups is 3. The van der Waals surface area contributed by atoms with Gasteiger partial charge in [-0.2, -0.15) is 32.6 Å². The first-order valence-corrected chi connectivity index (χ1v) is 28.6. The Balaban J connectivity index is 0.000000217. The molecule has 2 aromatic heterocycles. The van der Waals surface area contributed by atoms with Crippen LogP contribution in [0.2, 0.25) is 0 Å². The normalized spacial score (nSPS) is 22.3. The summed E-state index contributed by atoms with van der Waals surface area (Å²) in [6, 6.07) is 25.1. The van der Waals surface area contributed by atoms with Crippen LogP contribution in [0, 0.1) is 0 Å². The number of anilines is 2. The van der Waals surface area contributed by atoms with Crippen LogP contribution in [0.1, 0.15) is 54.0 Å². The third-order valence-corrected chi connectivity index (χ3v) is 14.9. The quantitative estimate of drug-likeness (QED) is 0.0285. The fraction of sp³-hybridized carbons (Fsp3) is 0.400. The van der Waals surface area contributed by atoms with Crippen molar-refractivity contribution in [1.29, 1.82) is 0 Å². The van der Waals surface area contributed by atoms with Gasteiger partial charge in [-0.3, -0.25) is 23.2 Å². The maximum Gasteiger partial charge on any atom is 0.459 e. The highest BCUT2D eigenvalue weighted by Gasteiger charge is 2.61. The van der Waals surface area contributed by atoms with E-state index >= 15 is 0 Å². The van der Waals surface area contributed by atoms with Crippen LogP contribution < -0.4 is 42.1 Å². The molecule has 2 saturated heterocycles. The monoisotopic (exact) mass is 1200 g/mol. The number of rotatable bonds is 18. The first-order chi connectivity index (χ1) is 38.0. The number of aromatic nitrogens is 4. The number of nitrogens with one attached hydrogen (secondary N) is 2. The molecular weight excluding hydrogens is 1140 g/mol. The molecule has 0 spiro atoms. The number of nitrogens with zero attached hydrogens (tertiary/aromatic N) is 4. The topological polar surface area (TPSA) is 339 Å². The SMILES string of the molecule is CC(C)OC(=O)[C@H](C)NP(=O)(Cl)Oc1cccc2ccccc12.CC(C)OC(=O)[C@H](C)NP(=O)(OC[C@H]1O[C@@H](n2ccc(N)nc2=O)C(F)(F)[C@H]1O)Oc1cccc2ccccc12.Nc1ccn([C@@H]2O[C@H](CO)[C@H](O)C2(F)F)c(=O)n1. The van der Waals surface area contributed by atoms with Crippen molar-refractivity contribution >= 4 is 71.0 Å². The number of nitrogens with two attached hydrogens (primary N) is 2. The highest BCUT2D eigenvalue weighted by atomic mass is 35.7. The molecule has 0 bridgehead atoms. The Hall–Kier alpha value is -6.55. The molecular formula is C50H59ClF4N8O16P2. The van der Waals surface area contributed by atoms with E-state index in [9.17, 15) is 56.1 Å². The highest BCUT2D eigenvalue weighted by Crippen LogP contribution is 2.51. The summed E-state index contributed by atoms with van der Waals surface area (Å²) in [5.74, 6) is -8.77. The van der Waals surface area contributed by atoms with E-state index in [2.05, 4.69) is 20.1 Å². The molecule has 24 nitrogen and oxygen atoms in total. The Morgan fingerprint density at radius 1 is 0.667 bits per heavy atom. The summed E-state index contributed by atoms with van der Waals surface area (Å²) < 4.78 is 122. The molecule has 10 atom stereocenters. The van der Waals surface area contributed by atoms with Crippen LogP contribution >= 0.6 is 25.9 Å². The lowest BCUT2D eigenvalue weighted by Gasteiger charge is -2.25. The second-order valence-corrected chi connectivity index (χ2v) is 23.1. The van der Waals surface area contributed by atoms with Crippen LogP contribution in [0.4, 0.5) is 29.2 Å². The van der Waals surface area contributed by atoms with Crippen LogP contribution in [0.25, 0.3) is 21.5 Å². The van der Waals surface area contributed by atoms with Crippen molar-refractivity contribution in [2.45, 2.75) is 115 Å². The van der Waals surface area contributed by atoms with Gasteiger partial charge in [0.25, 0.3) is 0 Å². The maximum absolute atomic E-state index is 15.0. The number of carbonyl (C=O) groups excluding carboxylic acids is 2. The number of carbonyl (C=O) groups is 2. The fourth-order valence-electron chi connectivity index (χ4n) is 7.77. The first kappa shape index (κ1) is 63.6. The molecule has 2 aliphatic heterocycles. The Labute approximate surface area is 464 Å². The summed E-state index contributed by atoms with van der Waals surface area (Å²) in [5.41, 5.74) is 8.51. The van der Waals surface area contributed by atoms with Crippen molar-refractivity contribution in [2.24, 2.45) is 0 Å². The average Bonchev–Trinajstić information content (AvgIpc) is 3.76. The number of hydrogen-bond acceptors (Lipinski definition) is 20. The highest BCUT2D eigenvalue weighted by molar-refractivity contribution is 7.84. The lowest BCUT2D eigenvalue weighted by atomic mass is 10.1. The van der Waals surface area contributed by atoms with Gasteiger partial charge in [0.2, 0.25) is 12.5 Å². The van der Waals surface area contributed by atoms with Gasteiger partial charge in [-0.1, -0.05) is 72.8 Å². The van der Waals surface area contributed by atoms with E-state index in [1.165, 1.54) is 19.9 Å². The summed E-state index contributed by atoms with van der Waals surface area (Å²) in [6.45, 7) is 4.20. The van der Waals surface area contributed by atoms with Crippen LogP contribution in [0.15, 0.2) is 119 Å². The molecule has 0 amide bonds. The Bertz CT molecular complexity index is 3390. The van der Waals surface area contributed by atoms with E-state index in [0.717, 1.165) is 40.7 Å². The predicted octanol–water partition coefficient (Wildman–Crippen LogP) is 6.21. The molecule has 81 heavy (non-hydrogen) atoms. The molecule has 8 rings (SSSR count). The van der Waals surface area contributed by atoms with Gasteiger partial charge < -0.3 is 54.8 Å². The minimum absolute atomic E-state index is 0.114. The molecule has 2 aliphatic rings. The van der Waals surface area contributed by atoms with Crippen molar-refractivity contribution in [3.05, 3.63) is 130 Å². The molecule has 6 aromatic rings. The van der Waals surface area contributed by atoms with E-state index in [4.69, 9.17) is 60.3 Å². The van der Waals surface area contributed by atoms with Gasteiger partial charge in [0.15, 0.2) is 12.2 Å². The number of nitrogen functional groups attached to an aromatic ring is 2. The number of fused-ring (bicyclic) bond motifs is 2. The largest absolute Gasteiger partial charge is 0.462 e. The molecule has 2 fully saturated rings. The Morgan fingerprint density at radius 2 is 1.07 bits per heavy atom. The van der Waals surface area contributed by atoms with E-state index in [-0.39, 0.29) is 23.5 Å². The second-order valence-electron chi connectivity index (χ2n) is 18.6. The summed E-state index contributed by atoms with van der Waals surface area (Å²) >= 11 is 5.96. The number of ether oxygens (including phenoxy) is 4. The first-order valence-electron chi connectivity index (χ1n) is 24.5. The predicted molar refractivity (Wildman–Crippen MR) is 286 cm³/mol. The van der Waals surface area contributed by atoms with Crippen molar-refractivity contribution in [1.82, 2.24) is 29.3 Å². The zero-order valence-electron chi connectivity index (χ0n) is 44.0. The molecule has 4 aromatic carbocycles. The van der Waals surface area contributed by atoms with E-state index in [0.29, 0.717) is 20.3 Å². The molecule has 9 N–H and O–H groups in total. The minimum Gasteiger partial charge on any atom is -0.462 e. The summed E-state index contributed by atoms with van der Waals surface area (Å²) in [6.07, 6.45) is -10.9. The number of hydrogen-bond donors (Lipinski definition) is 7. The zero-order valence-corrected chi connectivity index (χ0v) is 46.5. The molecule has 0 radical (unpaired) electrons. The molecule has 0 saturated carbocycles. The van der Waals surface area contributed by atoms with Gasteiger partial charge in [0, 0.05) is 34.4 Å².